The number of halogens is 1. The summed E-state index contributed by atoms with van der Waals surface area (Å²) < 4.78 is 5.32. The van der Waals surface area contributed by atoms with Crippen LogP contribution in [0.15, 0.2) is 48.5 Å². The van der Waals surface area contributed by atoms with Crippen LogP contribution in [0.2, 0.25) is 5.02 Å². The molecule has 0 bridgehead atoms. The summed E-state index contributed by atoms with van der Waals surface area (Å²) >= 11 is 6.03. The highest BCUT2D eigenvalue weighted by Crippen LogP contribution is 2.16. The average molecular weight is 347 g/mol. The number of hydrazine groups is 1. The summed E-state index contributed by atoms with van der Waals surface area (Å²) in [6, 6.07) is 14.7. The molecule has 2 rings (SSSR count). The predicted molar refractivity (Wildman–Crippen MR) is 92.7 cm³/mol. The van der Waals surface area contributed by atoms with E-state index in [1.165, 1.54) is 0 Å². The van der Waals surface area contributed by atoms with E-state index >= 15 is 0 Å². The molecule has 0 aromatic heterocycles. The van der Waals surface area contributed by atoms with E-state index in [-0.39, 0.29) is 18.9 Å². The molecule has 6 heteroatoms. The zero-order valence-electron chi connectivity index (χ0n) is 13.3. The summed E-state index contributed by atoms with van der Waals surface area (Å²) in [5.41, 5.74) is 6.68. The SMILES string of the molecule is Cc1ccc(OCC(=O)NNC(=O)CCc2ccccc2Cl)cc1. The first kappa shape index (κ1) is 17.8. The van der Waals surface area contributed by atoms with Crippen molar-refractivity contribution in [2.45, 2.75) is 19.8 Å². The van der Waals surface area contributed by atoms with Crippen molar-refractivity contribution in [3.63, 3.8) is 0 Å². The first-order valence-electron chi connectivity index (χ1n) is 7.55. The number of rotatable bonds is 6. The molecule has 24 heavy (non-hydrogen) atoms. The highest BCUT2D eigenvalue weighted by Gasteiger charge is 2.07. The maximum atomic E-state index is 11.7. The molecule has 2 aromatic carbocycles. The van der Waals surface area contributed by atoms with Gasteiger partial charge in [0, 0.05) is 11.4 Å². The van der Waals surface area contributed by atoms with Gasteiger partial charge in [-0.15, -0.1) is 0 Å². The van der Waals surface area contributed by atoms with Crippen LogP contribution in [0.4, 0.5) is 0 Å². The lowest BCUT2D eigenvalue weighted by Crippen LogP contribution is -2.43. The highest BCUT2D eigenvalue weighted by molar-refractivity contribution is 6.31. The summed E-state index contributed by atoms with van der Waals surface area (Å²) in [6.45, 7) is 1.79. The predicted octanol–water partition coefficient (Wildman–Crippen LogP) is 2.81. The van der Waals surface area contributed by atoms with E-state index in [1.54, 1.807) is 18.2 Å². The van der Waals surface area contributed by atoms with Gasteiger partial charge in [-0.05, 0) is 37.1 Å². The number of ether oxygens (including phenoxy) is 1. The minimum atomic E-state index is -0.429. The van der Waals surface area contributed by atoms with Crippen molar-refractivity contribution in [3.05, 3.63) is 64.7 Å². The Kier molecular flexibility index (Phi) is 6.63. The van der Waals surface area contributed by atoms with E-state index in [4.69, 9.17) is 16.3 Å². The number of aryl methyl sites for hydroxylation is 2. The summed E-state index contributed by atoms with van der Waals surface area (Å²) in [5.74, 6) is -0.124. The van der Waals surface area contributed by atoms with Crippen LogP contribution in [-0.2, 0) is 16.0 Å². The van der Waals surface area contributed by atoms with Crippen molar-refractivity contribution < 1.29 is 14.3 Å². The molecule has 0 aliphatic heterocycles. The van der Waals surface area contributed by atoms with Crippen LogP contribution < -0.4 is 15.6 Å². The van der Waals surface area contributed by atoms with Crippen molar-refractivity contribution in [1.82, 2.24) is 10.9 Å². The van der Waals surface area contributed by atoms with Gasteiger partial charge in [-0.25, -0.2) is 0 Å². The number of carbonyl (C=O) groups excluding carboxylic acids is 2. The second-order valence-corrected chi connectivity index (χ2v) is 5.70. The highest BCUT2D eigenvalue weighted by atomic mass is 35.5. The van der Waals surface area contributed by atoms with Gasteiger partial charge >= 0.3 is 0 Å². The van der Waals surface area contributed by atoms with Crippen molar-refractivity contribution in [1.29, 1.82) is 0 Å². The first-order chi connectivity index (χ1) is 11.5. The van der Waals surface area contributed by atoms with Crippen LogP contribution in [0.3, 0.4) is 0 Å². The number of amides is 2. The maximum Gasteiger partial charge on any atom is 0.276 e. The maximum absolute atomic E-state index is 11.7. The van der Waals surface area contributed by atoms with E-state index in [0.717, 1.165) is 11.1 Å². The van der Waals surface area contributed by atoms with Crippen molar-refractivity contribution in [2.75, 3.05) is 6.61 Å². The Balaban J connectivity index is 1.66. The van der Waals surface area contributed by atoms with Gasteiger partial charge in [0.15, 0.2) is 6.61 Å². The van der Waals surface area contributed by atoms with Gasteiger partial charge in [0.25, 0.3) is 5.91 Å². The smallest absolute Gasteiger partial charge is 0.276 e. The number of hydrogen-bond donors (Lipinski definition) is 2. The molecule has 0 aliphatic carbocycles. The van der Waals surface area contributed by atoms with Gasteiger partial charge in [0.2, 0.25) is 5.91 Å². The molecule has 0 heterocycles. The van der Waals surface area contributed by atoms with Gasteiger partial charge < -0.3 is 4.74 Å². The zero-order chi connectivity index (χ0) is 17.4. The lowest BCUT2D eigenvalue weighted by Gasteiger charge is -2.09. The minimum absolute atomic E-state index is 0.173. The molecule has 5 nitrogen and oxygen atoms in total. The number of carbonyl (C=O) groups is 2. The van der Waals surface area contributed by atoms with Gasteiger partial charge in [0.05, 0.1) is 0 Å². The number of nitrogens with one attached hydrogen (secondary N) is 2. The molecule has 0 fully saturated rings. The Morgan fingerprint density at radius 3 is 2.38 bits per heavy atom. The molecule has 0 spiro atoms. The summed E-state index contributed by atoms with van der Waals surface area (Å²) in [4.78, 5) is 23.4. The van der Waals surface area contributed by atoms with Crippen LogP contribution in [-0.4, -0.2) is 18.4 Å². The molecule has 0 saturated carbocycles. The van der Waals surface area contributed by atoms with Crippen molar-refractivity contribution in [3.8, 4) is 5.75 Å². The second-order valence-electron chi connectivity index (χ2n) is 5.29. The molecule has 2 aromatic rings. The fourth-order valence-electron chi connectivity index (χ4n) is 1.97. The van der Waals surface area contributed by atoms with Gasteiger partial charge in [-0.1, -0.05) is 47.5 Å². The second kappa shape index (κ2) is 8.93. The molecule has 126 valence electrons. The molecule has 0 saturated heterocycles. The standard InChI is InChI=1S/C18H19ClN2O3/c1-13-6-9-15(10-7-13)24-12-18(23)21-20-17(22)11-8-14-4-2-3-5-16(14)19/h2-7,9-10H,8,11-12H2,1H3,(H,20,22)(H,21,23). The summed E-state index contributed by atoms with van der Waals surface area (Å²) in [5, 5.41) is 0.626. The fourth-order valence-corrected chi connectivity index (χ4v) is 2.20. The van der Waals surface area contributed by atoms with Crippen LogP contribution in [0.25, 0.3) is 0 Å². The third-order valence-electron chi connectivity index (χ3n) is 3.31. The Morgan fingerprint density at radius 2 is 1.67 bits per heavy atom. The van der Waals surface area contributed by atoms with Crippen LogP contribution >= 0.6 is 11.6 Å². The van der Waals surface area contributed by atoms with Gasteiger partial charge in [0.1, 0.15) is 5.75 Å². The van der Waals surface area contributed by atoms with Crippen LogP contribution in [0.1, 0.15) is 17.5 Å². The molecule has 2 N–H and O–H groups in total. The molecule has 0 aliphatic rings. The van der Waals surface area contributed by atoms with E-state index in [1.807, 2.05) is 37.3 Å². The van der Waals surface area contributed by atoms with E-state index in [9.17, 15) is 9.59 Å². The molecular weight excluding hydrogens is 328 g/mol. The molecule has 0 atom stereocenters. The third-order valence-corrected chi connectivity index (χ3v) is 3.68. The van der Waals surface area contributed by atoms with Gasteiger partial charge in [-0.2, -0.15) is 0 Å². The van der Waals surface area contributed by atoms with Gasteiger partial charge in [-0.3, -0.25) is 20.4 Å². The lowest BCUT2D eigenvalue weighted by atomic mass is 10.1. The Morgan fingerprint density at radius 1 is 1.00 bits per heavy atom. The molecule has 2 amide bonds. The summed E-state index contributed by atoms with van der Waals surface area (Å²) in [6.07, 6.45) is 0.726. The fraction of sp³-hybridized carbons (Fsp3) is 0.222. The normalized spacial score (nSPS) is 10.1. The molecular formula is C18H19ClN2O3. The topological polar surface area (TPSA) is 67.4 Å². The lowest BCUT2D eigenvalue weighted by molar-refractivity contribution is -0.130. The van der Waals surface area contributed by atoms with Crippen molar-refractivity contribution in [2.24, 2.45) is 0 Å². The number of hydrogen-bond acceptors (Lipinski definition) is 3. The summed E-state index contributed by atoms with van der Waals surface area (Å²) in [7, 11) is 0. The minimum Gasteiger partial charge on any atom is -0.484 e. The first-order valence-corrected chi connectivity index (χ1v) is 7.93. The average Bonchev–Trinajstić information content (AvgIpc) is 2.58. The largest absolute Gasteiger partial charge is 0.484 e. The Bertz CT molecular complexity index is 702. The van der Waals surface area contributed by atoms with Crippen molar-refractivity contribution >= 4 is 23.4 Å². The van der Waals surface area contributed by atoms with E-state index in [2.05, 4.69) is 10.9 Å². The molecule has 0 radical (unpaired) electrons. The third kappa shape index (κ3) is 5.93. The van der Waals surface area contributed by atoms with Crippen LogP contribution in [0.5, 0.6) is 5.75 Å². The quantitative estimate of drug-likeness (QED) is 0.790. The van der Waals surface area contributed by atoms with E-state index in [0.29, 0.717) is 17.2 Å². The molecule has 0 unspecified atom stereocenters. The van der Waals surface area contributed by atoms with E-state index < -0.39 is 5.91 Å². The Labute approximate surface area is 145 Å². The van der Waals surface area contributed by atoms with Crippen LogP contribution in [0, 0.1) is 6.92 Å². The zero-order valence-corrected chi connectivity index (χ0v) is 14.1. The Hall–Kier alpha value is -2.53. The monoisotopic (exact) mass is 346 g/mol. The number of benzene rings is 2.